The van der Waals surface area contributed by atoms with Gasteiger partial charge in [0.1, 0.15) is 0 Å². The van der Waals surface area contributed by atoms with Crippen molar-refractivity contribution in [1.82, 2.24) is 4.98 Å². The molecule has 0 atom stereocenters. The molecular weight excluding hydrogens is 224 g/mol. The van der Waals surface area contributed by atoms with Gasteiger partial charge in [0.15, 0.2) is 11.7 Å². The van der Waals surface area contributed by atoms with E-state index < -0.39 is 0 Å². The number of benzene rings is 1. The number of nitroso groups, excluding NO2 is 1. The van der Waals surface area contributed by atoms with E-state index in [4.69, 9.17) is 0 Å². The van der Waals surface area contributed by atoms with Gasteiger partial charge in [0.2, 0.25) is 0 Å². The zero-order chi connectivity index (χ0) is 11.5. The number of nitrogens with zero attached hydrogens (tertiary/aromatic N) is 1. The van der Waals surface area contributed by atoms with Gasteiger partial charge in [0.25, 0.3) is 0 Å². The summed E-state index contributed by atoms with van der Waals surface area (Å²) < 4.78 is 0. The second-order valence-electron chi connectivity index (χ2n) is 3.19. The van der Waals surface area contributed by atoms with Gasteiger partial charge in [-0.15, -0.1) is 16.7 Å². The second kappa shape index (κ2) is 4.40. The smallest absolute Gasteiger partial charge is 0.199 e. The van der Waals surface area contributed by atoms with Crippen molar-refractivity contribution < 1.29 is 5.11 Å². The Hall–Kier alpha value is -1.75. The first kappa shape index (κ1) is 10.8. The molecule has 0 aliphatic carbocycles. The fourth-order valence-corrected chi connectivity index (χ4v) is 2.29. The number of H-pyrrole nitrogens is 1. The van der Waals surface area contributed by atoms with Gasteiger partial charge in [-0.2, -0.15) is 0 Å². The van der Waals surface area contributed by atoms with Crippen LogP contribution in [0.3, 0.4) is 0 Å². The molecular formula is C11H10N2O2S. The van der Waals surface area contributed by atoms with Gasteiger partial charge in [-0.3, -0.25) is 0 Å². The maximum Gasteiger partial charge on any atom is 0.199 e. The zero-order valence-corrected chi connectivity index (χ0v) is 9.41. The van der Waals surface area contributed by atoms with Gasteiger partial charge < -0.3 is 10.1 Å². The van der Waals surface area contributed by atoms with Crippen LogP contribution in [0.25, 0.3) is 11.1 Å². The molecule has 2 aromatic rings. The van der Waals surface area contributed by atoms with Crippen molar-refractivity contribution in [2.24, 2.45) is 5.18 Å². The summed E-state index contributed by atoms with van der Waals surface area (Å²) in [6.45, 7) is 0. The Balaban J connectivity index is 2.64. The number of hydrogen-bond donors (Lipinski definition) is 2. The zero-order valence-electron chi connectivity index (χ0n) is 8.60. The molecule has 0 radical (unpaired) electrons. The van der Waals surface area contributed by atoms with E-state index in [0.717, 1.165) is 5.56 Å². The molecule has 0 saturated heterocycles. The summed E-state index contributed by atoms with van der Waals surface area (Å²) >= 11 is 1.38. The molecule has 0 spiro atoms. The highest BCUT2D eigenvalue weighted by Crippen LogP contribution is 2.43. The Bertz CT molecular complexity index is 508. The molecule has 0 unspecified atom stereocenters. The molecule has 1 aromatic carbocycles. The van der Waals surface area contributed by atoms with Crippen molar-refractivity contribution in [1.29, 1.82) is 0 Å². The molecule has 16 heavy (non-hydrogen) atoms. The van der Waals surface area contributed by atoms with Crippen molar-refractivity contribution in [2.45, 2.75) is 4.90 Å². The largest absolute Gasteiger partial charge is 0.494 e. The van der Waals surface area contributed by atoms with E-state index in [9.17, 15) is 10.0 Å². The van der Waals surface area contributed by atoms with E-state index >= 15 is 0 Å². The third kappa shape index (κ3) is 1.69. The molecule has 82 valence electrons. The van der Waals surface area contributed by atoms with Crippen LogP contribution in [-0.2, 0) is 0 Å². The quantitative estimate of drug-likeness (QED) is 0.631. The van der Waals surface area contributed by atoms with Gasteiger partial charge in [-0.25, -0.2) is 0 Å². The Labute approximate surface area is 96.7 Å². The molecule has 2 rings (SSSR count). The van der Waals surface area contributed by atoms with Crippen molar-refractivity contribution in [3.63, 3.8) is 0 Å². The maximum atomic E-state index is 10.6. The third-order valence-corrected chi connectivity index (χ3v) is 3.08. The summed E-state index contributed by atoms with van der Waals surface area (Å²) in [5, 5.41) is 12.6. The lowest BCUT2D eigenvalue weighted by Gasteiger charge is -2.01. The predicted molar refractivity (Wildman–Crippen MR) is 65.1 cm³/mol. The number of hydrogen-bond acceptors (Lipinski definition) is 4. The van der Waals surface area contributed by atoms with Gasteiger partial charge in [-0.05, 0) is 17.0 Å². The number of nitrogens with one attached hydrogen (secondary N) is 1. The predicted octanol–water partition coefficient (Wildman–Crippen LogP) is 3.51. The van der Waals surface area contributed by atoms with Crippen molar-refractivity contribution in [2.75, 3.05) is 6.26 Å². The number of aromatic nitrogens is 1. The summed E-state index contributed by atoms with van der Waals surface area (Å²) in [6.07, 6.45) is 1.84. The number of aromatic amines is 1. The van der Waals surface area contributed by atoms with Gasteiger partial charge >= 0.3 is 0 Å². The highest BCUT2D eigenvalue weighted by molar-refractivity contribution is 7.98. The number of rotatable bonds is 3. The fourth-order valence-electron chi connectivity index (χ4n) is 1.59. The standard InChI is InChI=1S/C11H10N2O2S/c1-16-9-8(7-5-3-2-4-6-7)11(14)12-10(9)13-15/h2-6,12,14H,1H3. The molecule has 5 heteroatoms. The molecule has 2 N–H and O–H groups in total. The van der Waals surface area contributed by atoms with Crippen LogP contribution >= 0.6 is 11.8 Å². The van der Waals surface area contributed by atoms with E-state index in [2.05, 4.69) is 10.2 Å². The monoisotopic (exact) mass is 234 g/mol. The molecule has 0 saturated carbocycles. The van der Waals surface area contributed by atoms with Crippen LogP contribution in [0.1, 0.15) is 0 Å². The first-order chi connectivity index (χ1) is 7.77. The van der Waals surface area contributed by atoms with Crippen LogP contribution in [0, 0.1) is 4.91 Å². The SMILES string of the molecule is CSc1c(N=O)[nH]c(O)c1-c1ccccc1. The Kier molecular flexibility index (Phi) is 2.96. The summed E-state index contributed by atoms with van der Waals surface area (Å²) in [7, 11) is 0. The van der Waals surface area contributed by atoms with Gasteiger partial charge in [0, 0.05) is 0 Å². The Morgan fingerprint density at radius 1 is 1.31 bits per heavy atom. The van der Waals surface area contributed by atoms with Gasteiger partial charge in [0.05, 0.1) is 10.5 Å². The van der Waals surface area contributed by atoms with Gasteiger partial charge in [-0.1, -0.05) is 30.3 Å². The van der Waals surface area contributed by atoms with Crippen molar-refractivity contribution in [3.05, 3.63) is 35.2 Å². The van der Waals surface area contributed by atoms with Crippen LogP contribution in [0.4, 0.5) is 5.82 Å². The molecule has 1 heterocycles. The lowest BCUT2D eigenvalue weighted by Crippen LogP contribution is -1.76. The average molecular weight is 234 g/mol. The van der Waals surface area contributed by atoms with Crippen LogP contribution < -0.4 is 0 Å². The highest BCUT2D eigenvalue weighted by atomic mass is 32.2. The molecule has 0 bridgehead atoms. The van der Waals surface area contributed by atoms with Crippen LogP contribution in [-0.4, -0.2) is 16.3 Å². The molecule has 0 aliphatic heterocycles. The van der Waals surface area contributed by atoms with Crippen molar-refractivity contribution >= 4 is 17.6 Å². The first-order valence-electron chi connectivity index (χ1n) is 4.65. The average Bonchev–Trinajstić information content (AvgIpc) is 2.66. The van der Waals surface area contributed by atoms with Crippen LogP contribution in [0.15, 0.2) is 40.4 Å². The first-order valence-corrected chi connectivity index (χ1v) is 5.88. The number of aromatic hydroxyl groups is 1. The fraction of sp³-hybridized carbons (Fsp3) is 0.0909. The highest BCUT2D eigenvalue weighted by Gasteiger charge is 2.18. The summed E-state index contributed by atoms with van der Waals surface area (Å²) in [4.78, 5) is 13.8. The van der Waals surface area contributed by atoms with E-state index in [-0.39, 0.29) is 11.7 Å². The van der Waals surface area contributed by atoms with E-state index in [1.54, 1.807) is 0 Å². The summed E-state index contributed by atoms with van der Waals surface area (Å²) in [5.74, 6) is 0.147. The van der Waals surface area contributed by atoms with Crippen LogP contribution in [0.2, 0.25) is 0 Å². The molecule has 4 nitrogen and oxygen atoms in total. The van der Waals surface area contributed by atoms with Crippen molar-refractivity contribution in [3.8, 4) is 17.0 Å². The summed E-state index contributed by atoms with van der Waals surface area (Å²) in [6, 6.07) is 9.39. The molecule has 1 aromatic heterocycles. The minimum Gasteiger partial charge on any atom is -0.494 e. The topological polar surface area (TPSA) is 65.5 Å². The Morgan fingerprint density at radius 2 is 2.00 bits per heavy atom. The third-order valence-electron chi connectivity index (χ3n) is 2.27. The molecule has 0 fully saturated rings. The van der Waals surface area contributed by atoms with Crippen LogP contribution in [0.5, 0.6) is 5.88 Å². The molecule has 0 amide bonds. The van der Waals surface area contributed by atoms with E-state index in [0.29, 0.717) is 10.5 Å². The lowest BCUT2D eigenvalue weighted by molar-refractivity contribution is 0.459. The molecule has 0 aliphatic rings. The Morgan fingerprint density at radius 3 is 2.56 bits per heavy atom. The van der Waals surface area contributed by atoms with E-state index in [1.165, 1.54) is 11.8 Å². The lowest BCUT2D eigenvalue weighted by atomic mass is 10.1. The second-order valence-corrected chi connectivity index (χ2v) is 4.00. The normalized spacial score (nSPS) is 10.3. The minimum atomic E-state index is -0.0230. The number of thioether (sulfide) groups is 1. The minimum absolute atomic E-state index is 0.0230. The van der Waals surface area contributed by atoms with E-state index in [1.807, 2.05) is 36.6 Å². The maximum absolute atomic E-state index is 10.6. The summed E-state index contributed by atoms with van der Waals surface area (Å²) in [5.41, 5.74) is 1.48.